The van der Waals surface area contributed by atoms with Gasteiger partial charge in [-0.25, -0.2) is 9.18 Å². The summed E-state index contributed by atoms with van der Waals surface area (Å²) in [4.78, 5) is 43.4. The maximum atomic E-state index is 14.1. The molecule has 9 heteroatoms. The van der Waals surface area contributed by atoms with E-state index in [-0.39, 0.29) is 30.6 Å². The first-order valence-electron chi connectivity index (χ1n) is 13.3. The van der Waals surface area contributed by atoms with Crippen molar-refractivity contribution in [1.29, 1.82) is 0 Å². The molecular weight excluding hydrogens is 485 g/mol. The predicted molar refractivity (Wildman–Crippen MR) is 147 cm³/mol. The Kier molecular flexibility index (Phi) is 9.35. The molecule has 1 heterocycles. The normalized spacial score (nSPS) is 16.0. The number of nitrogens with zero attached hydrogens (tertiary/aromatic N) is 3. The fourth-order valence-corrected chi connectivity index (χ4v) is 4.99. The topological polar surface area (TPSA) is 85.0 Å². The van der Waals surface area contributed by atoms with E-state index in [2.05, 4.69) is 22.1 Å². The van der Waals surface area contributed by atoms with Gasteiger partial charge in [-0.05, 0) is 49.2 Å². The van der Waals surface area contributed by atoms with Crippen molar-refractivity contribution in [1.82, 2.24) is 15.1 Å². The van der Waals surface area contributed by atoms with Gasteiger partial charge in [0.15, 0.2) is 0 Å². The van der Waals surface area contributed by atoms with E-state index in [9.17, 15) is 18.8 Å². The molecule has 2 fully saturated rings. The van der Waals surface area contributed by atoms with Crippen LogP contribution in [0.4, 0.5) is 20.6 Å². The predicted octanol–water partition coefficient (Wildman–Crippen LogP) is 4.26. The molecule has 0 unspecified atom stereocenters. The van der Waals surface area contributed by atoms with Gasteiger partial charge in [-0.2, -0.15) is 0 Å². The molecule has 0 radical (unpaired) electrons. The van der Waals surface area contributed by atoms with E-state index in [0.29, 0.717) is 24.8 Å². The van der Waals surface area contributed by atoms with E-state index in [1.807, 2.05) is 29.2 Å². The van der Waals surface area contributed by atoms with Gasteiger partial charge < -0.3 is 25.3 Å². The second kappa shape index (κ2) is 13.1. The lowest BCUT2D eigenvalue weighted by Crippen LogP contribution is -2.53. The molecule has 1 saturated heterocycles. The molecule has 2 aromatic carbocycles. The maximum Gasteiger partial charge on any atom is 0.317 e. The van der Waals surface area contributed by atoms with Crippen LogP contribution in [-0.2, 0) is 4.79 Å². The lowest BCUT2D eigenvalue weighted by atomic mass is 9.96. The number of amides is 4. The van der Waals surface area contributed by atoms with Gasteiger partial charge in [0, 0.05) is 50.1 Å². The van der Waals surface area contributed by atoms with Crippen molar-refractivity contribution in [2.75, 3.05) is 49.5 Å². The van der Waals surface area contributed by atoms with E-state index in [1.165, 1.54) is 48.4 Å². The van der Waals surface area contributed by atoms with Crippen molar-refractivity contribution in [2.24, 2.45) is 0 Å². The van der Waals surface area contributed by atoms with Crippen molar-refractivity contribution in [2.45, 2.75) is 38.1 Å². The zero-order valence-corrected chi connectivity index (χ0v) is 21.7. The first-order valence-corrected chi connectivity index (χ1v) is 13.3. The smallest absolute Gasteiger partial charge is 0.317 e. The molecule has 0 spiro atoms. The summed E-state index contributed by atoms with van der Waals surface area (Å²) >= 11 is 0. The molecule has 38 heavy (non-hydrogen) atoms. The molecule has 2 N–H and O–H groups in total. The number of piperazine rings is 1. The summed E-state index contributed by atoms with van der Waals surface area (Å²) in [7, 11) is 0. The molecule has 8 nitrogen and oxygen atoms in total. The summed E-state index contributed by atoms with van der Waals surface area (Å²) in [6.07, 6.45) is 7.28. The van der Waals surface area contributed by atoms with Gasteiger partial charge in [0.05, 0.1) is 5.56 Å². The first-order chi connectivity index (χ1) is 18.4. The Bertz CT molecular complexity index is 1130. The van der Waals surface area contributed by atoms with Gasteiger partial charge in [-0.1, -0.05) is 37.5 Å². The monoisotopic (exact) mass is 521 g/mol. The number of hydrogen-bond acceptors (Lipinski definition) is 4. The average Bonchev–Trinajstić information content (AvgIpc) is 2.94. The molecule has 1 saturated carbocycles. The van der Waals surface area contributed by atoms with Crippen molar-refractivity contribution in [3.05, 3.63) is 72.6 Å². The molecule has 2 aliphatic rings. The van der Waals surface area contributed by atoms with Gasteiger partial charge in [-0.3, -0.25) is 9.59 Å². The number of anilines is 2. The molecule has 1 aliphatic heterocycles. The third kappa shape index (κ3) is 7.12. The van der Waals surface area contributed by atoms with Crippen LogP contribution in [0, 0.1) is 5.82 Å². The second-order valence-corrected chi connectivity index (χ2v) is 9.81. The lowest BCUT2D eigenvalue weighted by molar-refractivity contribution is -0.116. The molecular formula is C29H36FN5O3. The summed E-state index contributed by atoms with van der Waals surface area (Å²) in [5.74, 6) is -1.59. The van der Waals surface area contributed by atoms with Crippen LogP contribution in [0.3, 0.4) is 0 Å². The van der Waals surface area contributed by atoms with Crippen LogP contribution in [0.15, 0.2) is 61.2 Å². The summed E-state index contributed by atoms with van der Waals surface area (Å²) < 4.78 is 14.1. The van der Waals surface area contributed by atoms with Crippen LogP contribution in [0.2, 0.25) is 0 Å². The Hall–Kier alpha value is -3.88. The van der Waals surface area contributed by atoms with Gasteiger partial charge >= 0.3 is 6.03 Å². The molecule has 2 aromatic rings. The third-order valence-electron chi connectivity index (χ3n) is 7.09. The lowest BCUT2D eigenvalue weighted by Gasteiger charge is -2.37. The van der Waals surface area contributed by atoms with Crippen molar-refractivity contribution in [3.8, 4) is 0 Å². The number of rotatable bonds is 8. The van der Waals surface area contributed by atoms with E-state index in [4.69, 9.17) is 0 Å². The number of carbonyl (C=O) groups excluding carboxylic acids is 3. The molecule has 0 atom stereocenters. The van der Waals surface area contributed by atoms with Gasteiger partial charge in [0.25, 0.3) is 5.91 Å². The quantitative estimate of drug-likeness (QED) is 0.509. The number of urea groups is 1. The molecule has 4 amide bonds. The Labute approximate surface area is 223 Å². The minimum atomic E-state index is -0.631. The summed E-state index contributed by atoms with van der Waals surface area (Å²) in [5, 5.41) is 5.99. The Morgan fingerprint density at radius 3 is 2.32 bits per heavy atom. The highest BCUT2D eigenvalue weighted by Crippen LogP contribution is 2.21. The number of nitrogens with one attached hydrogen (secondary N) is 2. The van der Waals surface area contributed by atoms with Crippen LogP contribution >= 0.6 is 0 Å². The minimum absolute atomic E-state index is 0.0357. The van der Waals surface area contributed by atoms with E-state index in [0.717, 1.165) is 31.6 Å². The van der Waals surface area contributed by atoms with Crippen LogP contribution in [0.1, 0.15) is 42.5 Å². The van der Waals surface area contributed by atoms with Gasteiger partial charge in [0.1, 0.15) is 12.4 Å². The highest BCUT2D eigenvalue weighted by atomic mass is 19.1. The van der Waals surface area contributed by atoms with Crippen LogP contribution < -0.4 is 15.5 Å². The van der Waals surface area contributed by atoms with Crippen molar-refractivity contribution in [3.63, 3.8) is 0 Å². The van der Waals surface area contributed by atoms with Crippen LogP contribution in [-0.4, -0.2) is 73.0 Å². The van der Waals surface area contributed by atoms with Crippen LogP contribution in [0.25, 0.3) is 0 Å². The molecule has 1 aliphatic carbocycles. The highest BCUT2D eigenvalue weighted by molar-refractivity contribution is 5.99. The van der Waals surface area contributed by atoms with Gasteiger partial charge in [0.2, 0.25) is 5.91 Å². The fraction of sp³-hybridized carbons (Fsp3) is 0.414. The number of hydrogen-bond donors (Lipinski definition) is 2. The largest absolute Gasteiger partial charge is 0.368 e. The first kappa shape index (κ1) is 27.2. The Morgan fingerprint density at radius 2 is 1.66 bits per heavy atom. The summed E-state index contributed by atoms with van der Waals surface area (Å²) in [6, 6.07) is 13.5. The van der Waals surface area contributed by atoms with Gasteiger partial charge in [-0.15, -0.1) is 6.58 Å². The molecule has 0 bridgehead atoms. The SMILES string of the molecule is C=CCN(CC(=O)Nc1ccc(N2CCN(C(=O)NC3CCCCC3)CC2)cc1)C(=O)c1ccccc1F. The Balaban J connectivity index is 1.26. The standard InChI is InChI=1S/C29H36FN5O3/c1-2-16-35(28(37)25-10-6-7-11-26(25)30)21-27(36)31-23-12-14-24(15-13-23)33-17-19-34(20-18-33)29(38)32-22-8-4-3-5-9-22/h2,6-7,10-15,22H,1,3-5,8-9,16-21H2,(H,31,36)(H,32,38). The third-order valence-corrected chi connectivity index (χ3v) is 7.09. The highest BCUT2D eigenvalue weighted by Gasteiger charge is 2.24. The number of benzene rings is 2. The zero-order valence-electron chi connectivity index (χ0n) is 21.7. The minimum Gasteiger partial charge on any atom is -0.368 e. The zero-order chi connectivity index (χ0) is 26.9. The number of carbonyl (C=O) groups is 3. The second-order valence-electron chi connectivity index (χ2n) is 9.81. The molecule has 202 valence electrons. The van der Waals surface area contributed by atoms with Crippen molar-refractivity contribution >= 4 is 29.2 Å². The van der Waals surface area contributed by atoms with Crippen LogP contribution in [0.5, 0.6) is 0 Å². The average molecular weight is 522 g/mol. The number of halogens is 1. The van der Waals surface area contributed by atoms with Crippen molar-refractivity contribution < 1.29 is 18.8 Å². The fourth-order valence-electron chi connectivity index (χ4n) is 4.99. The van der Waals surface area contributed by atoms with E-state index < -0.39 is 11.7 Å². The molecule has 4 rings (SSSR count). The summed E-state index contributed by atoms with van der Waals surface area (Å²) in [5.41, 5.74) is 1.53. The van der Waals surface area contributed by atoms with E-state index in [1.54, 1.807) is 6.07 Å². The summed E-state index contributed by atoms with van der Waals surface area (Å²) in [6.45, 7) is 6.31. The van der Waals surface area contributed by atoms with E-state index >= 15 is 0 Å². The maximum absolute atomic E-state index is 14.1. The Morgan fingerprint density at radius 1 is 0.974 bits per heavy atom. The molecule has 0 aromatic heterocycles.